The van der Waals surface area contributed by atoms with E-state index in [0.29, 0.717) is 11.1 Å². The first kappa shape index (κ1) is 18.7. The lowest BCUT2D eigenvalue weighted by atomic mass is 10.3. The van der Waals surface area contributed by atoms with E-state index in [-0.39, 0.29) is 11.7 Å². The summed E-state index contributed by atoms with van der Waals surface area (Å²) in [5, 5.41) is 17.1. The van der Waals surface area contributed by atoms with Crippen molar-refractivity contribution in [2.45, 2.75) is 5.16 Å². The number of thioether (sulfide) groups is 1. The van der Waals surface area contributed by atoms with Gasteiger partial charge in [0, 0.05) is 14.1 Å². The second kappa shape index (κ2) is 9.00. The Kier molecular flexibility index (Phi) is 6.46. The summed E-state index contributed by atoms with van der Waals surface area (Å²) in [7, 11) is 0. The summed E-state index contributed by atoms with van der Waals surface area (Å²) in [6.45, 7) is 0. The molecule has 134 valence electrons. The predicted molar refractivity (Wildman–Crippen MR) is 114 cm³/mol. The number of nitrogens with zero attached hydrogens (tertiary/aromatic N) is 4. The third-order valence-electron chi connectivity index (χ3n) is 3.02. The van der Waals surface area contributed by atoms with Crippen LogP contribution in [-0.2, 0) is 4.79 Å². The van der Waals surface area contributed by atoms with Crippen molar-refractivity contribution in [1.82, 2.24) is 14.9 Å². The molecule has 4 N–H and O–H groups in total. The molecule has 8 nitrogen and oxygen atoms in total. The number of nitrogen functional groups attached to an aromatic ring is 1. The van der Waals surface area contributed by atoms with Crippen molar-refractivity contribution in [3.8, 4) is 0 Å². The highest BCUT2D eigenvalue weighted by atomic mass is 127. The summed E-state index contributed by atoms with van der Waals surface area (Å²) in [6.07, 6.45) is 1.67. The van der Waals surface area contributed by atoms with E-state index < -0.39 is 0 Å². The number of anilines is 2. The summed E-state index contributed by atoms with van der Waals surface area (Å²) in [6, 6.07) is 11.4. The molecule has 0 unspecified atom stereocenters. The van der Waals surface area contributed by atoms with Crippen molar-refractivity contribution in [3.05, 3.63) is 50.2 Å². The van der Waals surface area contributed by atoms with Gasteiger partial charge in [0.15, 0.2) is 0 Å². The second-order valence-electron chi connectivity index (χ2n) is 4.91. The van der Waals surface area contributed by atoms with E-state index >= 15 is 0 Å². The fourth-order valence-electron chi connectivity index (χ4n) is 1.83. The highest BCUT2D eigenvalue weighted by Crippen LogP contribution is 2.18. The molecule has 0 fully saturated rings. The van der Waals surface area contributed by atoms with E-state index in [1.54, 1.807) is 17.6 Å². The Balaban J connectivity index is 1.51. The van der Waals surface area contributed by atoms with Gasteiger partial charge in [-0.05, 0) is 58.3 Å². The first-order valence-electron chi connectivity index (χ1n) is 7.33. The minimum absolute atomic E-state index is 0.149. The molecule has 0 aliphatic rings. The van der Waals surface area contributed by atoms with Crippen molar-refractivity contribution < 1.29 is 4.79 Å². The van der Waals surface area contributed by atoms with Gasteiger partial charge in [-0.25, -0.2) is 10.1 Å². The van der Waals surface area contributed by atoms with Gasteiger partial charge < -0.3 is 11.2 Å². The van der Waals surface area contributed by atoms with Gasteiger partial charge in [-0.2, -0.15) is 5.10 Å². The quantitative estimate of drug-likeness (QED) is 0.152. The molecule has 0 atom stereocenters. The number of rotatable bonds is 7. The number of amides is 1. The second-order valence-corrected chi connectivity index (χ2v) is 8.07. The molecule has 0 saturated carbocycles. The molecular weight excluding hydrogens is 485 g/mol. The van der Waals surface area contributed by atoms with E-state index in [1.807, 2.05) is 41.8 Å². The molecule has 11 heteroatoms. The van der Waals surface area contributed by atoms with Crippen LogP contribution in [0.4, 0.5) is 11.6 Å². The number of hydrogen-bond donors (Lipinski definition) is 3. The fourth-order valence-corrected chi connectivity index (χ4v) is 3.43. The number of nitrogens with two attached hydrogens (primary N) is 1. The number of nitrogens with one attached hydrogen (secondary N) is 2. The van der Waals surface area contributed by atoms with E-state index in [4.69, 9.17) is 5.84 Å². The van der Waals surface area contributed by atoms with Crippen molar-refractivity contribution in [2.75, 3.05) is 22.3 Å². The lowest BCUT2D eigenvalue weighted by Gasteiger charge is -2.05. The third-order valence-corrected chi connectivity index (χ3v) is 5.49. The predicted octanol–water partition coefficient (Wildman–Crippen LogP) is 2.83. The van der Waals surface area contributed by atoms with Gasteiger partial charge in [0.25, 0.3) is 5.95 Å². The van der Waals surface area contributed by atoms with Gasteiger partial charge in [0.1, 0.15) is 0 Å². The Morgan fingerprint density at radius 3 is 2.88 bits per heavy atom. The summed E-state index contributed by atoms with van der Waals surface area (Å²) in [5.74, 6) is 6.23. The number of carbonyl (C=O) groups is 1. The van der Waals surface area contributed by atoms with Crippen LogP contribution in [0.2, 0.25) is 0 Å². The third kappa shape index (κ3) is 5.19. The molecule has 0 bridgehead atoms. The Bertz CT molecular complexity index is 893. The molecule has 3 aromatic rings. The normalized spacial score (nSPS) is 11.0. The van der Waals surface area contributed by atoms with Gasteiger partial charge in [-0.3, -0.25) is 4.79 Å². The van der Waals surface area contributed by atoms with E-state index in [1.165, 1.54) is 16.4 Å². The molecule has 0 radical (unpaired) electrons. The number of thiophene rings is 1. The highest BCUT2D eigenvalue weighted by molar-refractivity contribution is 14.1. The summed E-state index contributed by atoms with van der Waals surface area (Å²) in [5.41, 5.74) is 3.48. The van der Waals surface area contributed by atoms with Crippen LogP contribution in [0.15, 0.2) is 52.0 Å². The van der Waals surface area contributed by atoms with Gasteiger partial charge in [-0.1, -0.05) is 17.8 Å². The maximum absolute atomic E-state index is 12.0. The maximum Gasteiger partial charge on any atom is 0.264 e. The minimum Gasteiger partial charge on any atom is -0.334 e. The number of carbonyl (C=O) groups excluding carboxylic acids is 1. The zero-order valence-electron chi connectivity index (χ0n) is 13.3. The van der Waals surface area contributed by atoms with E-state index in [9.17, 15) is 4.79 Å². The molecule has 3 rings (SSSR count). The average molecular weight is 499 g/mol. The Labute approximate surface area is 171 Å². The molecule has 0 saturated heterocycles. The largest absolute Gasteiger partial charge is 0.334 e. The van der Waals surface area contributed by atoms with Crippen LogP contribution in [0.1, 0.15) is 4.88 Å². The molecular formula is C15H14IN7OS2. The molecule has 0 spiro atoms. The number of benzene rings is 1. The molecule has 2 heterocycles. The molecule has 0 aliphatic carbocycles. The van der Waals surface area contributed by atoms with Crippen LogP contribution >= 0.6 is 45.7 Å². The topological polar surface area (TPSA) is 110 Å². The van der Waals surface area contributed by atoms with Crippen LogP contribution in [0.3, 0.4) is 0 Å². The van der Waals surface area contributed by atoms with E-state index in [2.05, 4.69) is 48.6 Å². The van der Waals surface area contributed by atoms with Gasteiger partial charge in [0.2, 0.25) is 11.1 Å². The van der Waals surface area contributed by atoms with Gasteiger partial charge in [-0.15, -0.1) is 21.5 Å². The Morgan fingerprint density at radius 1 is 1.35 bits per heavy atom. The van der Waals surface area contributed by atoms with Crippen LogP contribution in [-0.4, -0.2) is 32.7 Å². The molecule has 1 aromatic carbocycles. The fraction of sp³-hybridized carbons (Fsp3) is 0.0667. The highest BCUT2D eigenvalue weighted by Gasteiger charge is 2.12. The zero-order valence-corrected chi connectivity index (χ0v) is 17.1. The number of hydrazone groups is 1. The summed E-state index contributed by atoms with van der Waals surface area (Å²) >= 11 is 4.97. The number of hydrogen-bond acceptors (Lipinski definition) is 8. The average Bonchev–Trinajstić information content (AvgIpc) is 3.26. The van der Waals surface area contributed by atoms with Crippen molar-refractivity contribution in [3.63, 3.8) is 0 Å². The summed E-state index contributed by atoms with van der Waals surface area (Å²) in [4.78, 5) is 13.0. The first-order chi connectivity index (χ1) is 12.6. The van der Waals surface area contributed by atoms with Crippen molar-refractivity contribution in [2.24, 2.45) is 5.10 Å². The van der Waals surface area contributed by atoms with Gasteiger partial charge in [0.05, 0.1) is 12.0 Å². The SMILES string of the molecule is Nn1c(N/N=C/c2cccs2)nnc1SCC(=O)Nc1ccc(I)cc1. The summed E-state index contributed by atoms with van der Waals surface area (Å²) < 4.78 is 2.36. The lowest BCUT2D eigenvalue weighted by molar-refractivity contribution is -0.113. The Morgan fingerprint density at radius 2 is 2.15 bits per heavy atom. The smallest absolute Gasteiger partial charge is 0.264 e. The maximum atomic E-state index is 12.0. The molecule has 1 amide bonds. The lowest BCUT2D eigenvalue weighted by Crippen LogP contribution is -2.16. The molecule has 2 aromatic heterocycles. The number of aromatic nitrogens is 3. The Hall–Kier alpha value is -2.12. The number of halogens is 1. The van der Waals surface area contributed by atoms with Crippen LogP contribution < -0.4 is 16.6 Å². The van der Waals surface area contributed by atoms with Crippen LogP contribution in [0.5, 0.6) is 0 Å². The first-order valence-corrected chi connectivity index (χ1v) is 10.3. The van der Waals surface area contributed by atoms with Crippen molar-refractivity contribution in [1.29, 1.82) is 0 Å². The van der Waals surface area contributed by atoms with E-state index in [0.717, 1.165) is 14.1 Å². The zero-order chi connectivity index (χ0) is 18.4. The van der Waals surface area contributed by atoms with Crippen LogP contribution in [0, 0.1) is 3.57 Å². The molecule has 0 aliphatic heterocycles. The van der Waals surface area contributed by atoms with Crippen LogP contribution in [0.25, 0.3) is 0 Å². The van der Waals surface area contributed by atoms with Gasteiger partial charge >= 0.3 is 0 Å². The molecule has 26 heavy (non-hydrogen) atoms. The standard InChI is InChI=1S/C15H14IN7OS2/c16-10-3-5-11(6-4-10)19-13(24)9-26-15-22-21-14(23(15)17)20-18-8-12-2-1-7-25-12/h1-8H,9,17H2,(H,19,24)(H,20,21)/b18-8+. The monoisotopic (exact) mass is 499 g/mol. The van der Waals surface area contributed by atoms with Crippen molar-refractivity contribution >= 4 is 69.4 Å². The minimum atomic E-state index is -0.149.